The molecule has 0 fully saturated rings. The number of ether oxygens (including phenoxy) is 1. The molecule has 1 aromatic carbocycles. The molecule has 4 nitrogen and oxygen atoms in total. The quantitative estimate of drug-likeness (QED) is 0.643. The SMILES string of the molecule is CCC/C(C)=N\NC(=O)COc1ccc(Cl)c(C)c1. The van der Waals surface area contributed by atoms with E-state index < -0.39 is 0 Å². The zero-order chi connectivity index (χ0) is 14.3. The molecule has 1 N–H and O–H groups in total. The van der Waals surface area contributed by atoms with Gasteiger partial charge in [-0.05, 0) is 44.0 Å². The maximum Gasteiger partial charge on any atom is 0.277 e. The number of nitrogens with one attached hydrogen (secondary N) is 1. The van der Waals surface area contributed by atoms with Crippen molar-refractivity contribution in [2.24, 2.45) is 5.10 Å². The summed E-state index contributed by atoms with van der Waals surface area (Å²) >= 11 is 5.91. The van der Waals surface area contributed by atoms with Crippen molar-refractivity contribution in [1.29, 1.82) is 0 Å². The van der Waals surface area contributed by atoms with Crippen LogP contribution in [0.4, 0.5) is 0 Å². The van der Waals surface area contributed by atoms with Gasteiger partial charge in [-0.2, -0.15) is 5.10 Å². The Bertz CT molecular complexity index is 473. The van der Waals surface area contributed by atoms with Gasteiger partial charge in [-0.25, -0.2) is 5.43 Å². The molecular formula is C14H19ClN2O2. The van der Waals surface area contributed by atoms with Crippen molar-refractivity contribution < 1.29 is 9.53 Å². The highest BCUT2D eigenvalue weighted by atomic mass is 35.5. The average molecular weight is 283 g/mol. The van der Waals surface area contributed by atoms with E-state index >= 15 is 0 Å². The molecule has 0 aliphatic heterocycles. The predicted molar refractivity (Wildman–Crippen MR) is 77.8 cm³/mol. The molecule has 1 aromatic rings. The molecule has 0 aliphatic rings. The molecule has 19 heavy (non-hydrogen) atoms. The molecule has 0 heterocycles. The standard InChI is InChI=1S/C14H19ClN2O2/c1-4-5-11(3)16-17-14(18)9-19-12-6-7-13(15)10(2)8-12/h6-8H,4-5,9H2,1-3H3,(H,17,18)/b16-11-. The van der Waals surface area contributed by atoms with E-state index in [2.05, 4.69) is 17.5 Å². The first-order valence-corrected chi connectivity index (χ1v) is 6.61. The minimum Gasteiger partial charge on any atom is -0.484 e. The lowest BCUT2D eigenvalue weighted by molar-refractivity contribution is -0.123. The van der Waals surface area contributed by atoms with Gasteiger partial charge in [0.2, 0.25) is 0 Å². The van der Waals surface area contributed by atoms with Crippen molar-refractivity contribution >= 4 is 23.2 Å². The second-order valence-electron chi connectivity index (χ2n) is 4.33. The lowest BCUT2D eigenvalue weighted by Crippen LogP contribution is -2.25. The van der Waals surface area contributed by atoms with Crippen molar-refractivity contribution in [2.75, 3.05) is 6.61 Å². The Labute approximate surface area is 118 Å². The third kappa shape index (κ3) is 5.75. The number of rotatable bonds is 6. The summed E-state index contributed by atoms with van der Waals surface area (Å²) in [5.41, 5.74) is 4.28. The molecule has 0 radical (unpaired) electrons. The fraction of sp³-hybridized carbons (Fsp3) is 0.429. The van der Waals surface area contributed by atoms with Crippen LogP contribution in [-0.2, 0) is 4.79 Å². The summed E-state index contributed by atoms with van der Waals surface area (Å²) in [7, 11) is 0. The largest absolute Gasteiger partial charge is 0.484 e. The Morgan fingerprint density at radius 2 is 2.21 bits per heavy atom. The average Bonchev–Trinajstić information content (AvgIpc) is 2.38. The number of hydrogen-bond donors (Lipinski definition) is 1. The van der Waals surface area contributed by atoms with Crippen LogP contribution in [0.25, 0.3) is 0 Å². The van der Waals surface area contributed by atoms with Gasteiger partial charge in [-0.3, -0.25) is 4.79 Å². The van der Waals surface area contributed by atoms with Gasteiger partial charge in [0.1, 0.15) is 5.75 Å². The number of aryl methyl sites for hydroxylation is 1. The van der Waals surface area contributed by atoms with Gasteiger partial charge in [0, 0.05) is 10.7 Å². The minimum atomic E-state index is -0.275. The fourth-order valence-electron chi connectivity index (χ4n) is 1.46. The molecule has 104 valence electrons. The van der Waals surface area contributed by atoms with Gasteiger partial charge >= 0.3 is 0 Å². The van der Waals surface area contributed by atoms with Crippen molar-refractivity contribution in [3.63, 3.8) is 0 Å². The molecule has 0 spiro atoms. The van der Waals surface area contributed by atoms with Crippen molar-refractivity contribution in [1.82, 2.24) is 5.43 Å². The number of amides is 1. The Kier molecular flexibility index (Phi) is 6.36. The highest BCUT2D eigenvalue weighted by Crippen LogP contribution is 2.20. The molecule has 0 saturated heterocycles. The lowest BCUT2D eigenvalue weighted by Gasteiger charge is -2.07. The number of hydrazone groups is 1. The molecule has 5 heteroatoms. The van der Waals surface area contributed by atoms with Crippen LogP contribution in [0.3, 0.4) is 0 Å². The summed E-state index contributed by atoms with van der Waals surface area (Å²) in [5.74, 6) is 0.342. The van der Waals surface area contributed by atoms with Crippen LogP contribution >= 0.6 is 11.6 Å². The Hall–Kier alpha value is -1.55. The number of nitrogens with zero attached hydrogens (tertiary/aromatic N) is 1. The van der Waals surface area contributed by atoms with E-state index in [1.807, 2.05) is 13.8 Å². The number of halogens is 1. The molecular weight excluding hydrogens is 264 g/mol. The van der Waals surface area contributed by atoms with Gasteiger partial charge in [0.15, 0.2) is 6.61 Å². The minimum absolute atomic E-state index is 0.0655. The third-order valence-electron chi connectivity index (χ3n) is 2.48. The first kappa shape index (κ1) is 15.5. The highest BCUT2D eigenvalue weighted by molar-refractivity contribution is 6.31. The van der Waals surface area contributed by atoms with Gasteiger partial charge in [0.05, 0.1) is 0 Å². The zero-order valence-corrected chi connectivity index (χ0v) is 12.3. The maximum absolute atomic E-state index is 11.5. The summed E-state index contributed by atoms with van der Waals surface area (Å²) in [6, 6.07) is 5.27. The molecule has 0 saturated carbocycles. The second-order valence-corrected chi connectivity index (χ2v) is 4.74. The van der Waals surface area contributed by atoms with Crippen LogP contribution in [0.15, 0.2) is 23.3 Å². The molecule has 1 rings (SSSR count). The van der Waals surface area contributed by atoms with Crippen LogP contribution in [0, 0.1) is 6.92 Å². The zero-order valence-electron chi connectivity index (χ0n) is 11.5. The van der Waals surface area contributed by atoms with E-state index in [9.17, 15) is 4.79 Å². The van der Waals surface area contributed by atoms with Crippen LogP contribution < -0.4 is 10.2 Å². The van der Waals surface area contributed by atoms with Crippen molar-refractivity contribution in [3.05, 3.63) is 28.8 Å². The molecule has 1 amide bonds. The number of carbonyl (C=O) groups is 1. The molecule has 0 atom stereocenters. The van der Waals surface area contributed by atoms with Crippen LogP contribution in [-0.4, -0.2) is 18.2 Å². The maximum atomic E-state index is 11.5. The molecule has 0 bridgehead atoms. The smallest absolute Gasteiger partial charge is 0.277 e. The summed E-state index contributed by atoms with van der Waals surface area (Å²) < 4.78 is 5.36. The monoisotopic (exact) mass is 282 g/mol. The van der Waals surface area contributed by atoms with E-state index in [1.54, 1.807) is 18.2 Å². The van der Waals surface area contributed by atoms with Gasteiger partial charge in [-0.1, -0.05) is 24.9 Å². The summed E-state index contributed by atoms with van der Waals surface area (Å²) in [4.78, 5) is 11.5. The second kappa shape index (κ2) is 7.79. The third-order valence-corrected chi connectivity index (χ3v) is 2.91. The molecule has 0 aromatic heterocycles. The normalized spacial score (nSPS) is 11.3. The summed E-state index contributed by atoms with van der Waals surface area (Å²) in [6.07, 6.45) is 1.88. The van der Waals surface area contributed by atoms with Gasteiger partial charge < -0.3 is 4.74 Å². The Balaban J connectivity index is 2.41. The van der Waals surface area contributed by atoms with E-state index in [0.29, 0.717) is 10.8 Å². The Morgan fingerprint density at radius 3 is 2.84 bits per heavy atom. The highest BCUT2D eigenvalue weighted by Gasteiger charge is 2.03. The van der Waals surface area contributed by atoms with Gasteiger partial charge in [-0.15, -0.1) is 0 Å². The number of hydrogen-bond acceptors (Lipinski definition) is 3. The molecule has 0 unspecified atom stereocenters. The number of carbonyl (C=O) groups excluding carboxylic acids is 1. The van der Waals surface area contributed by atoms with E-state index in [1.165, 1.54) is 0 Å². The first-order valence-electron chi connectivity index (χ1n) is 6.24. The van der Waals surface area contributed by atoms with E-state index in [-0.39, 0.29) is 12.5 Å². The fourth-order valence-corrected chi connectivity index (χ4v) is 1.58. The van der Waals surface area contributed by atoms with E-state index in [0.717, 1.165) is 24.1 Å². The van der Waals surface area contributed by atoms with E-state index in [4.69, 9.17) is 16.3 Å². The van der Waals surface area contributed by atoms with Gasteiger partial charge in [0.25, 0.3) is 5.91 Å². The first-order chi connectivity index (χ1) is 9.02. The van der Waals surface area contributed by atoms with Crippen LogP contribution in [0.1, 0.15) is 32.3 Å². The van der Waals surface area contributed by atoms with Crippen molar-refractivity contribution in [2.45, 2.75) is 33.6 Å². The predicted octanol–water partition coefficient (Wildman–Crippen LogP) is 3.32. The number of benzene rings is 1. The summed E-state index contributed by atoms with van der Waals surface area (Å²) in [5, 5.41) is 4.65. The Morgan fingerprint density at radius 1 is 1.47 bits per heavy atom. The lowest BCUT2D eigenvalue weighted by atomic mass is 10.2. The van der Waals surface area contributed by atoms with Crippen molar-refractivity contribution in [3.8, 4) is 5.75 Å². The topological polar surface area (TPSA) is 50.7 Å². The van der Waals surface area contributed by atoms with Crippen LogP contribution in [0.2, 0.25) is 5.02 Å². The molecule has 0 aliphatic carbocycles. The van der Waals surface area contributed by atoms with Crippen LogP contribution in [0.5, 0.6) is 5.75 Å². The summed E-state index contributed by atoms with van der Waals surface area (Å²) in [6.45, 7) is 5.76.